The lowest BCUT2D eigenvalue weighted by molar-refractivity contribution is 0.187. The molecule has 0 radical (unpaired) electrons. The molecule has 0 aromatic rings. The lowest BCUT2D eigenvalue weighted by atomic mass is 9.90. The van der Waals surface area contributed by atoms with Crippen molar-refractivity contribution in [3.05, 3.63) is 0 Å². The van der Waals surface area contributed by atoms with Crippen LogP contribution in [0.2, 0.25) is 16.6 Å². The second-order valence-corrected chi connectivity index (χ2v) is 12.6. The molecule has 0 aromatic heterocycles. The van der Waals surface area contributed by atoms with Gasteiger partial charge in [-0.25, -0.2) is 0 Å². The van der Waals surface area contributed by atoms with Gasteiger partial charge in [-0.2, -0.15) is 0 Å². The molecule has 0 aliphatic heterocycles. The molecule has 0 aromatic carbocycles. The van der Waals surface area contributed by atoms with Crippen LogP contribution in [0.25, 0.3) is 0 Å². The summed E-state index contributed by atoms with van der Waals surface area (Å²) in [6.45, 7) is 15.3. The maximum atomic E-state index is 6.69. The van der Waals surface area contributed by atoms with Gasteiger partial charge in [-0.3, -0.25) is 0 Å². The molecule has 0 unspecified atom stereocenters. The monoisotopic (exact) mass is 270 g/mol. The van der Waals surface area contributed by atoms with Crippen LogP contribution in [-0.2, 0) is 4.43 Å². The average molecular weight is 271 g/mol. The van der Waals surface area contributed by atoms with Gasteiger partial charge in [-0.05, 0) is 35.4 Å². The topological polar surface area (TPSA) is 9.23 Å². The van der Waals surface area contributed by atoms with Gasteiger partial charge in [0.05, 0.1) is 0 Å². The van der Waals surface area contributed by atoms with Crippen molar-refractivity contribution in [3.8, 4) is 0 Å². The smallest absolute Gasteiger partial charge is 0.200 e. The SMILES string of the molecule is CC(C)[Si](OCC1CCCCC1)(C(C)C)C(C)C. The molecular weight excluding hydrogens is 236 g/mol. The fraction of sp³-hybridized carbons (Fsp3) is 1.00. The van der Waals surface area contributed by atoms with Gasteiger partial charge in [0.25, 0.3) is 0 Å². The lowest BCUT2D eigenvalue weighted by Gasteiger charge is -2.43. The highest BCUT2D eigenvalue weighted by molar-refractivity contribution is 6.77. The zero-order valence-electron chi connectivity index (χ0n) is 13.5. The fourth-order valence-electron chi connectivity index (χ4n) is 4.12. The maximum absolute atomic E-state index is 6.69. The molecule has 1 rings (SSSR count). The Bertz CT molecular complexity index is 207. The van der Waals surface area contributed by atoms with Crippen molar-refractivity contribution in [1.82, 2.24) is 0 Å². The zero-order valence-corrected chi connectivity index (χ0v) is 14.5. The predicted molar refractivity (Wildman–Crippen MR) is 83.6 cm³/mol. The zero-order chi connectivity index (χ0) is 13.8. The lowest BCUT2D eigenvalue weighted by Crippen LogP contribution is -2.48. The van der Waals surface area contributed by atoms with Crippen molar-refractivity contribution in [3.63, 3.8) is 0 Å². The van der Waals surface area contributed by atoms with Crippen LogP contribution in [0.15, 0.2) is 0 Å². The summed E-state index contributed by atoms with van der Waals surface area (Å²) >= 11 is 0. The minimum Gasteiger partial charge on any atom is -0.416 e. The molecule has 1 fully saturated rings. The van der Waals surface area contributed by atoms with Crippen LogP contribution in [0.1, 0.15) is 73.6 Å². The van der Waals surface area contributed by atoms with E-state index in [2.05, 4.69) is 41.5 Å². The van der Waals surface area contributed by atoms with Gasteiger partial charge in [0.15, 0.2) is 8.32 Å². The molecule has 0 atom stereocenters. The Balaban J connectivity index is 2.65. The minimum atomic E-state index is -1.61. The molecule has 1 nitrogen and oxygen atoms in total. The summed E-state index contributed by atoms with van der Waals surface area (Å²) < 4.78 is 6.69. The van der Waals surface area contributed by atoms with Crippen molar-refractivity contribution >= 4 is 8.32 Å². The van der Waals surface area contributed by atoms with E-state index in [4.69, 9.17) is 4.43 Å². The Labute approximate surface area is 116 Å². The van der Waals surface area contributed by atoms with E-state index in [0.29, 0.717) is 0 Å². The Morgan fingerprint density at radius 2 is 1.28 bits per heavy atom. The molecule has 0 bridgehead atoms. The molecule has 0 N–H and O–H groups in total. The quantitative estimate of drug-likeness (QED) is 0.558. The summed E-state index contributed by atoms with van der Waals surface area (Å²) in [6.07, 6.45) is 7.09. The average Bonchev–Trinajstić information content (AvgIpc) is 2.29. The Morgan fingerprint density at radius 1 is 0.833 bits per heavy atom. The molecule has 18 heavy (non-hydrogen) atoms. The molecular formula is C16H34OSi. The van der Waals surface area contributed by atoms with Crippen LogP contribution in [0.3, 0.4) is 0 Å². The highest BCUT2D eigenvalue weighted by atomic mass is 28.4. The van der Waals surface area contributed by atoms with Crippen molar-refractivity contribution in [1.29, 1.82) is 0 Å². The van der Waals surface area contributed by atoms with Crippen molar-refractivity contribution in [2.75, 3.05) is 6.61 Å². The standard InChI is InChI=1S/C16H34OSi/c1-13(2)18(14(3)4,15(5)6)17-12-16-10-8-7-9-11-16/h13-16H,7-12H2,1-6H3. The number of hydrogen-bond acceptors (Lipinski definition) is 1. The first-order chi connectivity index (χ1) is 8.41. The molecule has 1 aliphatic rings. The summed E-state index contributed by atoms with van der Waals surface area (Å²) in [5.74, 6) is 0.849. The van der Waals surface area contributed by atoms with Gasteiger partial charge >= 0.3 is 0 Å². The van der Waals surface area contributed by atoms with E-state index in [1.165, 1.54) is 32.1 Å². The second-order valence-electron chi connectivity index (χ2n) is 7.13. The summed E-state index contributed by atoms with van der Waals surface area (Å²) in [5.41, 5.74) is 2.17. The number of hydrogen-bond donors (Lipinski definition) is 0. The third kappa shape index (κ3) is 3.60. The summed E-state index contributed by atoms with van der Waals surface area (Å²) in [4.78, 5) is 0. The highest BCUT2D eigenvalue weighted by Gasteiger charge is 2.45. The summed E-state index contributed by atoms with van der Waals surface area (Å²) in [6, 6.07) is 0. The van der Waals surface area contributed by atoms with Gasteiger partial charge in [-0.1, -0.05) is 60.8 Å². The highest BCUT2D eigenvalue weighted by Crippen LogP contribution is 2.43. The largest absolute Gasteiger partial charge is 0.416 e. The van der Waals surface area contributed by atoms with Crippen LogP contribution in [0.4, 0.5) is 0 Å². The van der Waals surface area contributed by atoms with Crippen LogP contribution in [0.5, 0.6) is 0 Å². The molecule has 1 saturated carbocycles. The fourth-order valence-corrected chi connectivity index (χ4v) is 9.64. The van der Waals surface area contributed by atoms with E-state index in [0.717, 1.165) is 29.1 Å². The summed E-state index contributed by atoms with van der Waals surface area (Å²) in [7, 11) is -1.61. The van der Waals surface area contributed by atoms with Crippen molar-refractivity contribution in [2.45, 2.75) is 90.3 Å². The third-order valence-corrected chi connectivity index (χ3v) is 11.1. The Hall–Kier alpha value is 0.177. The Kier molecular flexibility index (Phi) is 6.39. The maximum Gasteiger partial charge on any atom is 0.200 e. The molecule has 0 spiro atoms. The van der Waals surface area contributed by atoms with Gasteiger partial charge < -0.3 is 4.43 Å². The summed E-state index contributed by atoms with van der Waals surface area (Å²) in [5, 5.41) is 0. The van der Waals surface area contributed by atoms with Gasteiger partial charge in [0.2, 0.25) is 0 Å². The second kappa shape index (κ2) is 7.09. The van der Waals surface area contributed by atoms with E-state index in [-0.39, 0.29) is 0 Å². The molecule has 1 aliphatic carbocycles. The molecule has 0 saturated heterocycles. The van der Waals surface area contributed by atoms with Gasteiger partial charge in [0, 0.05) is 6.61 Å². The first-order valence-electron chi connectivity index (χ1n) is 8.05. The van der Waals surface area contributed by atoms with Crippen molar-refractivity contribution < 1.29 is 4.43 Å². The van der Waals surface area contributed by atoms with E-state index in [1.54, 1.807) is 0 Å². The predicted octanol–water partition coefficient (Wildman–Crippen LogP) is 5.76. The van der Waals surface area contributed by atoms with E-state index in [1.807, 2.05) is 0 Å². The van der Waals surface area contributed by atoms with E-state index >= 15 is 0 Å². The van der Waals surface area contributed by atoms with E-state index < -0.39 is 8.32 Å². The van der Waals surface area contributed by atoms with E-state index in [9.17, 15) is 0 Å². The van der Waals surface area contributed by atoms with Crippen molar-refractivity contribution in [2.24, 2.45) is 5.92 Å². The third-order valence-electron chi connectivity index (χ3n) is 5.00. The van der Waals surface area contributed by atoms with Crippen LogP contribution in [-0.4, -0.2) is 14.9 Å². The first kappa shape index (κ1) is 16.2. The van der Waals surface area contributed by atoms with Crippen LogP contribution in [0, 0.1) is 5.92 Å². The first-order valence-corrected chi connectivity index (χ1v) is 10.2. The molecule has 2 heteroatoms. The molecule has 108 valence electrons. The Morgan fingerprint density at radius 3 is 1.67 bits per heavy atom. The van der Waals surface area contributed by atoms with Gasteiger partial charge in [-0.15, -0.1) is 0 Å². The van der Waals surface area contributed by atoms with Crippen LogP contribution >= 0.6 is 0 Å². The van der Waals surface area contributed by atoms with Gasteiger partial charge in [0.1, 0.15) is 0 Å². The molecule has 0 heterocycles. The number of rotatable bonds is 6. The minimum absolute atomic E-state index is 0.723. The normalized spacial score (nSPS) is 19.2. The van der Waals surface area contributed by atoms with Crippen LogP contribution < -0.4 is 0 Å². The molecule has 0 amide bonds.